The summed E-state index contributed by atoms with van der Waals surface area (Å²) in [6.07, 6.45) is 2.21. The van der Waals surface area contributed by atoms with Gasteiger partial charge in [0.05, 0.1) is 25.9 Å². The van der Waals surface area contributed by atoms with Crippen molar-refractivity contribution >= 4 is 11.8 Å². The largest absolute Gasteiger partial charge is 0.447 e. The summed E-state index contributed by atoms with van der Waals surface area (Å²) < 4.78 is 16.4. The molecule has 0 aromatic heterocycles. The van der Waals surface area contributed by atoms with Crippen LogP contribution in [0.2, 0.25) is 0 Å². The van der Waals surface area contributed by atoms with Gasteiger partial charge in [0.2, 0.25) is 0 Å². The number of hydrogen-bond donors (Lipinski definition) is 1. The molecule has 3 fully saturated rings. The Morgan fingerprint density at radius 2 is 2.12 bits per heavy atom. The predicted octanol–water partition coefficient (Wildman–Crippen LogP) is 2.24. The molecule has 6 heteroatoms. The third-order valence-electron chi connectivity index (χ3n) is 5.19. The lowest BCUT2D eigenvalue weighted by molar-refractivity contribution is -0.199. The van der Waals surface area contributed by atoms with Crippen molar-refractivity contribution in [3.05, 3.63) is 29.8 Å². The van der Waals surface area contributed by atoms with E-state index >= 15 is 0 Å². The van der Waals surface area contributed by atoms with Gasteiger partial charge in [-0.3, -0.25) is 4.90 Å². The molecule has 2 unspecified atom stereocenters. The molecule has 1 aromatic carbocycles. The molecule has 24 heavy (non-hydrogen) atoms. The maximum atomic E-state index is 11.6. The predicted molar refractivity (Wildman–Crippen MR) is 89.2 cm³/mol. The molecule has 3 aliphatic rings. The lowest BCUT2D eigenvalue weighted by atomic mass is 9.98. The van der Waals surface area contributed by atoms with E-state index in [4.69, 9.17) is 14.2 Å². The molecule has 0 saturated carbocycles. The highest BCUT2D eigenvalue weighted by molar-refractivity contribution is 5.89. The minimum Gasteiger partial charge on any atom is -0.447 e. The zero-order valence-corrected chi connectivity index (χ0v) is 14.0. The lowest BCUT2D eigenvalue weighted by Gasteiger charge is -2.37. The number of carbonyl (C=O) groups excluding carboxylic acids is 1. The van der Waals surface area contributed by atoms with Crippen LogP contribution in [0.5, 0.6) is 0 Å². The molecular formula is C18H24N2O4. The zero-order chi connectivity index (χ0) is 16.6. The normalized spacial score (nSPS) is 26.5. The standard InChI is InChI=1S/C18H24N2O4/c1-13(19-10-16-6-7-18(24-16)11-22-12-18)14-2-4-15(5-3-14)20-8-9-23-17(20)21/h2-5,13,16,19H,6-12H2,1H3. The van der Waals surface area contributed by atoms with Gasteiger partial charge in [-0.2, -0.15) is 0 Å². The number of rotatable bonds is 5. The van der Waals surface area contributed by atoms with E-state index in [2.05, 4.69) is 24.4 Å². The summed E-state index contributed by atoms with van der Waals surface area (Å²) in [6, 6.07) is 8.33. The highest BCUT2D eigenvalue weighted by atomic mass is 16.6. The molecule has 6 nitrogen and oxygen atoms in total. The van der Waals surface area contributed by atoms with E-state index in [9.17, 15) is 4.79 Å². The first-order chi connectivity index (χ1) is 11.7. The van der Waals surface area contributed by atoms with E-state index in [1.807, 2.05) is 12.1 Å². The van der Waals surface area contributed by atoms with E-state index in [-0.39, 0.29) is 23.8 Å². The molecule has 1 amide bonds. The highest BCUT2D eigenvalue weighted by Gasteiger charge is 2.46. The Morgan fingerprint density at radius 3 is 2.71 bits per heavy atom. The zero-order valence-electron chi connectivity index (χ0n) is 14.0. The lowest BCUT2D eigenvalue weighted by Crippen LogP contribution is -2.50. The molecule has 3 saturated heterocycles. The van der Waals surface area contributed by atoms with Crippen LogP contribution in [0.4, 0.5) is 10.5 Å². The molecule has 0 radical (unpaired) electrons. The van der Waals surface area contributed by atoms with Crippen molar-refractivity contribution in [2.45, 2.75) is 37.5 Å². The van der Waals surface area contributed by atoms with Crippen molar-refractivity contribution < 1.29 is 19.0 Å². The molecule has 0 bridgehead atoms. The van der Waals surface area contributed by atoms with E-state index in [1.165, 1.54) is 5.56 Å². The van der Waals surface area contributed by atoms with E-state index < -0.39 is 0 Å². The monoisotopic (exact) mass is 332 g/mol. The van der Waals surface area contributed by atoms with Gasteiger partial charge in [0.1, 0.15) is 12.2 Å². The number of benzene rings is 1. The first kappa shape index (κ1) is 15.9. The molecule has 1 N–H and O–H groups in total. The molecule has 4 rings (SSSR count). The van der Waals surface area contributed by atoms with Crippen LogP contribution in [0, 0.1) is 0 Å². The van der Waals surface area contributed by atoms with Crippen LogP contribution in [0.3, 0.4) is 0 Å². The van der Waals surface area contributed by atoms with Crippen molar-refractivity contribution in [3.8, 4) is 0 Å². The summed E-state index contributed by atoms with van der Waals surface area (Å²) in [5.74, 6) is 0. The van der Waals surface area contributed by atoms with Gasteiger partial charge in [-0.05, 0) is 37.5 Å². The number of nitrogens with one attached hydrogen (secondary N) is 1. The van der Waals surface area contributed by atoms with Gasteiger partial charge >= 0.3 is 6.09 Å². The third-order valence-corrected chi connectivity index (χ3v) is 5.19. The number of ether oxygens (including phenoxy) is 3. The Labute approximate surface area is 142 Å². The summed E-state index contributed by atoms with van der Waals surface area (Å²) in [6.45, 7) is 5.58. The van der Waals surface area contributed by atoms with Gasteiger partial charge in [-0.15, -0.1) is 0 Å². The van der Waals surface area contributed by atoms with Crippen LogP contribution in [0.25, 0.3) is 0 Å². The number of nitrogens with zero attached hydrogens (tertiary/aromatic N) is 1. The van der Waals surface area contributed by atoms with Gasteiger partial charge < -0.3 is 19.5 Å². The molecule has 1 aromatic rings. The molecule has 3 aliphatic heterocycles. The van der Waals surface area contributed by atoms with E-state index in [1.54, 1.807) is 4.90 Å². The first-order valence-corrected chi connectivity index (χ1v) is 8.68. The van der Waals surface area contributed by atoms with Gasteiger partial charge in [-0.1, -0.05) is 12.1 Å². The van der Waals surface area contributed by atoms with Crippen LogP contribution in [0.1, 0.15) is 31.4 Å². The second-order valence-electron chi connectivity index (χ2n) is 6.94. The number of amides is 1. The van der Waals surface area contributed by atoms with Crippen molar-refractivity contribution in [2.75, 3.05) is 37.8 Å². The van der Waals surface area contributed by atoms with Gasteiger partial charge in [-0.25, -0.2) is 4.79 Å². The topological polar surface area (TPSA) is 60.0 Å². The van der Waals surface area contributed by atoms with Crippen LogP contribution in [-0.4, -0.2) is 50.7 Å². The molecule has 1 spiro atoms. The van der Waals surface area contributed by atoms with Gasteiger partial charge in [0.15, 0.2) is 0 Å². The smallest absolute Gasteiger partial charge is 0.414 e. The molecular weight excluding hydrogens is 308 g/mol. The van der Waals surface area contributed by atoms with Crippen molar-refractivity contribution in [1.82, 2.24) is 5.32 Å². The maximum Gasteiger partial charge on any atom is 0.414 e. The Balaban J connectivity index is 1.30. The summed E-state index contributed by atoms with van der Waals surface area (Å²) in [5.41, 5.74) is 2.10. The molecule has 3 heterocycles. The van der Waals surface area contributed by atoms with Crippen LogP contribution >= 0.6 is 0 Å². The maximum absolute atomic E-state index is 11.6. The Morgan fingerprint density at radius 1 is 1.33 bits per heavy atom. The third kappa shape index (κ3) is 3.01. The van der Waals surface area contributed by atoms with Crippen LogP contribution in [0.15, 0.2) is 24.3 Å². The summed E-state index contributed by atoms with van der Waals surface area (Å²) >= 11 is 0. The quantitative estimate of drug-likeness (QED) is 0.896. The summed E-state index contributed by atoms with van der Waals surface area (Å²) in [4.78, 5) is 13.3. The average molecular weight is 332 g/mol. The highest BCUT2D eigenvalue weighted by Crippen LogP contribution is 2.36. The fraction of sp³-hybridized carbons (Fsp3) is 0.611. The molecule has 2 atom stereocenters. The SMILES string of the molecule is CC(NCC1CCC2(COC2)O1)c1ccc(N2CCOC2=O)cc1. The first-order valence-electron chi connectivity index (χ1n) is 8.68. The average Bonchev–Trinajstić information content (AvgIpc) is 3.19. The van der Waals surface area contributed by atoms with Crippen molar-refractivity contribution in [3.63, 3.8) is 0 Å². The second kappa shape index (κ2) is 6.35. The van der Waals surface area contributed by atoms with E-state index in [0.717, 1.165) is 38.3 Å². The Kier molecular flexibility index (Phi) is 4.20. The number of cyclic esters (lactones) is 1. The van der Waals surface area contributed by atoms with Crippen LogP contribution < -0.4 is 10.2 Å². The molecule has 130 valence electrons. The Bertz CT molecular complexity index is 600. The summed E-state index contributed by atoms with van der Waals surface area (Å²) in [5, 5.41) is 3.55. The minimum absolute atomic E-state index is 0.0154. The van der Waals surface area contributed by atoms with Gasteiger partial charge in [0, 0.05) is 18.3 Å². The fourth-order valence-electron chi connectivity index (χ4n) is 3.58. The number of anilines is 1. The van der Waals surface area contributed by atoms with Crippen LogP contribution in [-0.2, 0) is 14.2 Å². The van der Waals surface area contributed by atoms with Gasteiger partial charge in [0.25, 0.3) is 0 Å². The number of hydrogen-bond acceptors (Lipinski definition) is 5. The Hall–Kier alpha value is -1.63. The fourth-order valence-corrected chi connectivity index (χ4v) is 3.58. The summed E-state index contributed by atoms with van der Waals surface area (Å²) in [7, 11) is 0. The van der Waals surface area contributed by atoms with Crippen molar-refractivity contribution in [2.24, 2.45) is 0 Å². The van der Waals surface area contributed by atoms with Crippen molar-refractivity contribution in [1.29, 1.82) is 0 Å². The minimum atomic E-state index is -0.263. The van der Waals surface area contributed by atoms with E-state index in [0.29, 0.717) is 13.2 Å². The second-order valence-corrected chi connectivity index (χ2v) is 6.94. The number of carbonyl (C=O) groups is 1. The molecule has 0 aliphatic carbocycles.